The van der Waals surface area contributed by atoms with Gasteiger partial charge in [-0.3, -0.25) is 19.5 Å². The van der Waals surface area contributed by atoms with Crippen molar-refractivity contribution in [2.75, 3.05) is 45.6 Å². The number of aliphatic hydroxyl groups excluding tert-OH is 1. The van der Waals surface area contributed by atoms with Gasteiger partial charge in [-0.1, -0.05) is 24.0 Å². The monoisotopic (exact) mass is 544 g/mol. The molecule has 3 heterocycles. The van der Waals surface area contributed by atoms with Crippen LogP contribution < -0.4 is 5.48 Å². The number of carbonyl (C=O) groups excluding carboxylic acids is 2. The summed E-state index contributed by atoms with van der Waals surface area (Å²) in [6.45, 7) is 5.02. The minimum atomic E-state index is -3.85. The third-order valence-electron chi connectivity index (χ3n) is 7.17. The highest BCUT2D eigenvalue weighted by Crippen LogP contribution is 2.25. The van der Waals surface area contributed by atoms with Gasteiger partial charge < -0.3 is 14.7 Å². The molecule has 0 bridgehead atoms. The highest BCUT2D eigenvalue weighted by molar-refractivity contribution is 7.92. The molecule has 38 heavy (non-hydrogen) atoms. The number of benzene rings is 1. The molecular weight excluding hydrogens is 512 g/mol. The van der Waals surface area contributed by atoms with Crippen molar-refractivity contribution in [1.29, 1.82) is 0 Å². The van der Waals surface area contributed by atoms with E-state index in [0.717, 1.165) is 30.5 Å². The Morgan fingerprint density at radius 1 is 1.18 bits per heavy atom. The molecule has 2 aliphatic rings. The molecule has 0 aliphatic carbocycles. The van der Waals surface area contributed by atoms with E-state index in [0.29, 0.717) is 31.0 Å². The summed E-state index contributed by atoms with van der Waals surface area (Å²) >= 11 is 0. The fraction of sp³-hybridized carbons (Fsp3) is 0.462. The summed E-state index contributed by atoms with van der Waals surface area (Å²) in [6.07, 6.45) is 1.79. The number of morpholine rings is 1. The lowest BCUT2D eigenvalue weighted by Gasteiger charge is -2.28. The second-order valence-corrected chi connectivity index (χ2v) is 12.2. The smallest absolute Gasteiger partial charge is 0.328 e. The van der Waals surface area contributed by atoms with Gasteiger partial charge in [0.05, 0.1) is 25.9 Å². The molecule has 4 rings (SSSR count). The molecule has 1 aromatic carbocycles. The molecule has 0 saturated carbocycles. The van der Waals surface area contributed by atoms with E-state index in [-0.39, 0.29) is 25.5 Å². The summed E-state index contributed by atoms with van der Waals surface area (Å²) in [5.41, 5.74) is 4.36. The van der Waals surface area contributed by atoms with Gasteiger partial charge in [-0.25, -0.2) is 18.7 Å². The molecule has 0 spiro atoms. The van der Waals surface area contributed by atoms with Gasteiger partial charge in [0.2, 0.25) is 0 Å². The van der Waals surface area contributed by atoms with Crippen LogP contribution in [0.15, 0.2) is 36.5 Å². The molecule has 1 aromatic heterocycles. The zero-order chi connectivity index (χ0) is 27.5. The van der Waals surface area contributed by atoms with Crippen LogP contribution in [-0.4, -0.2) is 95.4 Å². The minimum Gasteiger partial charge on any atom is -0.387 e. The number of fused-ring (bicyclic) bond motifs is 1. The van der Waals surface area contributed by atoms with Crippen LogP contribution in [0.25, 0.3) is 0 Å². The summed E-state index contributed by atoms with van der Waals surface area (Å²) in [5.74, 6) is 5.09. The van der Waals surface area contributed by atoms with Gasteiger partial charge in [-0.15, -0.1) is 0 Å². The highest BCUT2D eigenvalue weighted by Gasteiger charge is 2.44. The van der Waals surface area contributed by atoms with Crippen LogP contribution >= 0.6 is 0 Å². The van der Waals surface area contributed by atoms with E-state index in [4.69, 9.17) is 9.94 Å². The SMILES string of the molecule is CC(CCN1Cc2cc(C#Cc3ccc([C@H](O)CN4CCOCC4)cc3)cn2C1=O)(C(=O)NO)S(C)(=O)=O. The van der Waals surface area contributed by atoms with E-state index < -0.39 is 26.6 Å². The van der Waals surface area contributed by atoms with Crippen LogP contribution in [0.5, 0.6) is 0 Å². The number of hydrogen-bond donors (Lipinski definition) is 3. The van der Waals surface area contributed by atoms with Crippen molar-refractivity contribution >= 4 is 21.8 Å². The molecule has 1 fully saturated rings. The lowest BCUT2D eigenvalue weighted by Crippen LogP contribution is -2.50. The maximum Gasteiger partial charge on any atom is 0.328 e. The summed E-state index contributed by atoms with van der Waals surface area (Å²) in [6, 6.07) is 8.87. The molecule has 1 saturated heterocycles. The van der Waals surface area contributed by atoms with E-state index >= 15 is 0 Å². The van der Waals surface area contributed by atoms with Crippen molar-refractivity contribution in [2.24, 2.45) is 0 Å². The molecule has 2 aromatic rings. The number of ether oxygens (including phenoxy) is 1. The lowest BCUT2D eigenvalue weighted by atomic mass is 10.1. The number of sulfone groups is 1. The maximum atomic E-state index is 12.8. The van der Waals surface area contributed by atoms with Gasteiger partial charge in [0.25, 0.3) is 5.91 Å². The first-order chi connectivity index (χ1) is 18.0. The summed E-state index contributed by atoms with van der Waals surface area (Å²) in [7, 11) is -3.85. The molecule has 1 unspecified atom stereocenters. The molecule has 2 atom stereocenters. The fourth-order valence-electron chi connectivity index (χ4n) is 4.47. The Kier molecular flexibility index (Phi) is 8.25. The Morgan fingerprint density at radius 3 is 2.45 bits per heavy atom. The number of hydrogen-bond acceptors (Lipinski definition) is 8. The Balaban J connectivity index is 1.36. The zero-order valence-electron chi connectivity index (χ0n) is 21.4. The first-order valence-electron chi connectivity index (χ1n) is 12.3. The first kappa shape index (κ1) is 27.8. The average molecular weight is 545 g/mol. The van der Waals surface area contributed by atoms with Crippen LogP contribution in [0.3, 0.4) is 0 Å². The van der Waals surface area contributed by atoms with Crippen molar-refractivity contribution in [3.8, 4) is 11.8 Å². The predicted molar refractivity (Wildman–Crippen MR) is 138 cm³/mol. The Bertz CT molecular complexity index is 1350. The Labute approximate surface area is 221 Å². The van der Waals surface area contributed by atoms with Crippen molar-refractivity contribution in [2.45, 2.75) is 30.7 Å². The first-order valence-corrected chi connectivity index (χ1v) is 14.2. The standard InChI is InChI=1S/C26H32N4O7S/c1-26(24(32)27-34,38(2,35)36)9-10-29-17-22-15-20(16-30(22)25(29)33)4-3-19-5-7-21(8-6-19)23(31)18-28-11-13-37-14-12-28/h5-8,15-16,23,31,34H,9-14,17-18H2,1-2H3,(H,27,32)/t23-,26?/m1/s1. The predicted octanol–water partition coefficient (Wildman–Crippen LogP) is 0.736. The summed E-state index contributed by atoms with van der Waals surface area (Å²) in [4.78, 5) is 28.5. The van der Waals surface area contributed by atoms with Gasteiger partial charge in [-0.2, -0.15) is 0 Å². The normalized spacial score (nSPS) is 18.3. The molecule has 0 radical (unpaired) electrons. The largest absolute Gasteiger partial charge is 0.387 e. The fourth-order valence-corrected chi connectivity index (χ4v) is 5.31. The van der Waals surface area contributed by atoms with Crippen LogP contribution in [0.1, 0.15) is 41.8 Å². The number of nitrogens with one attached hydrogen (secondary N) is 1. The van der Waals surface area contributed by atoms with Gasteiger partial charge in [0.1, 0.15) is 0 Å². The minimum absolute atomic E-state index is 0.0161. The van der Waals surface area contributed by atoms with Crippen LogP contribution in [0.2, 0.25) is 0 Å². The lowest BCUT2D eigenvalue weighted by molar-refractivity contribution is -0.131. The number of rotatable bonds is 8. The van der Waals surface area contributed by atoms with E-state index in [1.807, 2.05) is 24.3 Å². The topological polar surface area (TPSA) is 141 Å². The second-order valence-electron chi connectivity index (χ2n) is 9.79. The number of amides is 2. The molecular formula is C26H32N4O7S. The number of carbonyl (C=O) groups is 2. The van der Waals surface area contributed by atoms with Gasteiger partial charge in [0.15, 0.2) is 14.6 Å². The summed E-state index contributed by atoms with van der Waals surface area (Å²) in [5, 5.41) is 19.5. The molecule has 2 aliphatic heterocycles. The number of nitrogens with zero attached hydrogens (tertiary/aromatic N) is 3. The van der Waals surface area contributed by atoms with Gasteiger partial charge >= 0.3 is 6.03 Å². The second kappa shape index (κ2) is 11.3. The quantitative estimate of drug-likeness (QED) is 0.251. The Hall–Kier alpha value is -3.21. The average Bonchev–Trinajstić information content (AvgIpc) is 3.43. The number of aliphatic hydroxyl groups is 1. The van der Waals surface area contributed by atoms with Crippen molar-refractivity contribution in [3.63, 3.8) is 0 Å². The van der Waals surface area contributed by atoms with E-state index in [1.165, 1.54) is 21.9 Å². The summed E-state index contributed by atoms with van der Waals surface area (Å²) < 4.78 is 29.2. The van der Waals surface area contributed by atoms with Crippen molar-refractivity contribution < 1.29 is 33.1 Å². The van der Waals surface area contributed by atoms with E-state index in [1.54, 1.807) is 12.3 Å². The number of hydroxylamine groups is 1. The zero-order valence-corrected chi connectivity index (χ0v) is 22.2. The number of aromatic nitrogens is 1. The van der Waals surface area contributed by atoms with Crippen LogP contribution in [-0.2, 0) is 25.9 Å². The number of β-amino-alcohol motifs (C(OH)–C–C–N with tert-alkyl or cyclic N) is 1. The van der Waals surface area contributed by atoms with E-state index in [9.17, 15) is 23.1 Å². The van der Waals surface area contributed by atoms with Crippen molar-refractivity contribution in [1.82, 2.24) is 19.8 Å². The van der Waals surface area contributed by atoms with Crippen LogP contribution in [0, 0.1) is 11.8 Å². The third kappa shape index (κ3) is 5.92. The molecule has 3 N–H and O–H groups in total. The van der Waals surface area contributed by atoms with E-state index in [2.05, 4.69) is 16.7 Å². The van der Waals surface area contributed by atoms with Crippen molar-refractivity contribution in [3.05, 3.63) is 58.9 Å². The third-order valence-corrected chi connectivity index (χ3v) is 9.20. The molecule has 12 heteroatoms. The highest BCUT2D eigenvalue weighted by atomic mass is 32.2. The molecule has 2 amide bonds. The maximum absolute atomic E-state index is 12.8. The van der Waals surface area contributed by atoms with Gasteiger partial charge in [-0.05, 0) is 37.1 Å². The Morgan fingerprint density at radius 2 is 1.84 bits per heavy atom. The molecule has 11 nitrogen and oxygen atoms in total. The van der Waals surface area contributed by atoms with Gasteiger partial charge in [0, 0.05) is 55.5 Å². The molecule has 204 valence electrons. The van der Waals surface area contributed by atoms with Crippen LogP contribution in [0.4, 0.5) is 4.79 Å².